The summed E-state index contributed by atoms with van der Waals surface area (Å²) in [5.74, 6) is -1.06. The van der Waals surface area contributed by atoms with Gasteiger partial charge in [-0.3, -0.25) is 0 Å². The number of carboxylic acids is 1. The van der Waals surface area contributed by atoms with Crippen molar-refractivity contribution in [1.29, 1.82) is 0 Å². The molecular formula is C12H15N3O3. The lowest BCUT2D eigenvalue weighted by molar-refractivity contribution is 0.0690. The molecule has 6 heteroatoms. The van der Waals surface area contributed by atoms with Gasteiger partial charge >= 0.3 is 12.0 Å². The second-order valence-electron chi connectivity index (χ2n) is 4.31. The van der Waals surface area contributed by atoms with Crippen LogP contribution in [0.25, 0.3) is 0 Å². The molecule has 0 aromatic carbocycles. The smallest absolute Gasteiger partial charge is 0.354 e. The number of nitrogens with zero attached hydrogens (tertiary/aromatic N) is 1. The van der Waals surface area contributed by atoms with Crippen LogP contribution in [0.15, 0.2) is 18.3 Å². The van der Waals surface area contributed by atoms with Crippen molar-refractivity contribution in [2.75, 3.05) is 0 Å². The summed E-state index contributed by atoms with van der Waals surface area (Å²) in [6.07, 6.45) is 4.71. The maximum Gasteiger partial charge on any atom is 0.354 e. The van der Waals surface area contributed by atoms with E-state index < -0.39 is 5.97 Å². The second-order valence-corrected chi connectivity index (χ2v) is 4.31. The van der Waals surface area contributed by atoms with Crippen LogP contribution in [-0.4, -0.2) is 28.1 Å². The zero-order valence-electron chi connectivity index (χ0n) is 9.85. The van der Waals surface area contributed by atoms with Crippen LogP contribution in [0, 0.1) is 0 Å². The predicted molar refractivity (Wildman–Crippen MR) is 64.2 cm³/mol. The highest BCUT2D eigenvalue weighted by atomic mass is 16.4. The number of amides is 2. The van der Waals surface area contributed by atoms with Gasteiger partial charge in [0.15, 0.2) is 0 Å². The van der Waals surface area contributed by atoms with Gasteiger partial charge < -0.3 is 15.7 Å². The second kappa shape index (κ2) is 5.48. The van der Waals surface area contributed by atoms with Gasteiger partial charge in [-0.05, 0) is 30.9 Å². The summed E-state index contributed by atoms with van der Waals surface area (Å²) in [6.45, 7) is 0.339. The van der Waals surface area contributed by atoms with Crippen molar-refractivity contribution >= 4 is 12.0 Å². The zero-order chi connectivity index (χ0) is 13.0. The Bertz CT molecular complexity index is 440. The van der Waals surface area contributed by atoms with E-state index in [0.29, 0.717) is 12.6 Å². The van der Waals surface area contributed by atoms with Crippen LogP contribution in [-0.2, 0) is 6.54 Å². The molecule has 6 nitrogen and oxygen atoms in total. The molecule has 1 aliphatic carbocycles. The molecule has 0 radical (unpaired) electrons. The van der Waals surface area contributed by atoms with Crippen molar-refractivity contribution < 1.29 is 14.7 Å². The van der Waals surface area contributed by atoms with E-state index in [1.807, 2.05) is 0 Å². The molecule has 1 fully saturated rings. The molecule has 0 atom stereocenters. The summed E-state index contributed by atoms with van der Waals surface area (Å²) in [7, 11) is 0. The molecule has 2 rings (SSSR count). The Morgan fingerprint density at radius 1 is 1.39 bits per heavy atom. The summed E-state index contributed by atoms with van der Waals surface area (Å²) in [4.78, 5) is 25.8. The Balaban J connectivity index is 1.78. The molecule has 18 heavy (non-hydrogen) atoms. The quantitative estimate of drug-likeness (QED) is 0.746. The maximum absolute atomic E-state index is 11.5. The van der Waals surface area contributed by atoms with Gasteiger partial charge in [0, 0.05) is 18.8 Å². The minimum atomic E-state index is -1.06. The molecule has 1 heterocycles. The monoisotopic (exact) mass is 249 g/mol. The summed E-state index contributed by atoms with van der Waals surface area (Å²) >= 11 is 0. The molecule has 1 aromatic rings. The van der Waals surface area contributed by atoms with Crippen molar-refractivity contribution in [2.45, 2.75) is 31.8 Å². The number of carbonyl (C=O) groups excluding carboxylic acids is 1. The third kappa shape index (κ3) is 3.19. The number of aromatic nitrogens is 1. The first-order valence-electron chi connectivity index (χ1n) is 5.88. The van der Waals surface area contributed by atoms with Gasteiger partial charge in [-0.2, -0.15) is 0 Å². The fraction of sp³-hybridized carbons (Fsp3) is 0.417. The fourth-order valence-corrected chi connectivity index (χ4v) is 1.63. The van der Waals surface area contributed by atoms with Gasteiger partial charge in [0.25, 0.3) is 0 Å². The molecule has 2 amide bonds. The number of hydrogen-bond acceptors (Lipinski definition) is 3. The van der Waals surface area contributed by atoms with Crippen molar-refractivity contribution in [2.24, 2.45) is 0 Å². The molecular weight excluding hydrogens is 234 g/mol. The first-order valence-corrected chi connectivity index (χ1v) is 5.88. The van der Waals surface area contributed by atoms with Gasteiger partial charge in [0.05, 0.1) is 0 Å². The SMILES string of the molecule is O=C(NCc1ccc(C(=O)O)nc1)NC1CCC1. The summed E-state index contributed by atoms with van der Waals surface area (Å²) in [5, 5.41) is 14.2. The Hall–Kier alpha value is -2.11. The first-order chi connectivity index (χ1) is 8.65. The van der Waals surface area contributed by atoms with Crippen molar-refractivity contribution in [1.82, 2.24) is 15.6 Å². The summed E-state index contributed by atoms with van der Waals surface area (Å²) in [6, 6.07) is 3.17. The van der Waals surface area contributed by atoms with Crippen LogP contribution < -0.4 is 10.6 Å². The molecule has 0 bridgehead atoms. The molecule has 0 spiro atoms. The fourth-order valence-electron chi connectivity index (χ4n) is 1.63. The van der Waals surface area contributed by atoms with E-state index in [9.17, 15) is 9.59 Å². The van der Waals surface area contributed by atoms with Crippen LogP contribution in [0.5, 0.6) is 0 Å². The molecule has 1 saturated carbocycles. The molecule has 0 unspecified atom stereocenters. The number of hydrogen-bond donors (Lipinski definition) is 3. The summed E-state index contributed by atoms with van der Waals surface area (Å²) in [5.41, 5.74) is 0.765. The highest BCUT2D eigenvalue weighted by Crippen LogP contribution is 2.17. The highest BCUT2D eigenvalue weighted by molar-refractivity contribution is 5.85. The van der Waals surface area contributed by atoms with Crippen molar-refractivity contribution in [3.63, 3.8) is 0 Å². The third-order valence-electron chi connectivity index (χ3n) is 2.94. The molecule has 1 aromatic heterocycles. The molecule has 0 saturated heterocycles. The van der Waals surface area contributed by atoms with E-state index in [-0.39, 0.29) is 11.7 Å². The number of aromatic carboxylic acids is 1. The zero-order valence-corrected chi connectivity index (χ0v) is 9.85. The lowest BCUT2D eigenvalue weighted by atomic mass is 9.93. The van der Waals surface area contributed by atoms with Gasteiger partial charge in [0.2, 0.25) is 0 Å². The topological polar surface area (TPSA) is 91.3 Å². The number of rotatable bonds is 4. The molecule has 0 aliphatic heterocycles. The van der Waals surface area contributed by atoms with Gasteiger partial charge in [-0.25, -0.2) is 14.6 Å². The van der Waals surface area contributed by atoms with Crippen LogP contribution >= 0.6 is 0 Å². The Kier molecular flexibility index (Phi) is 3.76. The van der Waals surface area contributed by atoms with E-state index >= 15 is 0 Å². The minimum Gasteiger partial charge on any atom is -0.477 e. The Morgan fingerprint density at radius 2 is 2.17 bits per heavy atom. The third-order valence-corrected chi connectivity index (χ3v) is 2.94. The minimum absolute atomic E-state index is 0.00216. The van der Waals surface area contributed by atoms with E-state index in [2.05, 4.69) is 15.6 Å². The average Bonchev–Trinajstić information content (AvgIpc) is 2.32. The van der Waals surface area contributed by atoms with Crippen molar-refractivity contribution in [3.05, 3.63) is 29.6 Å². The van der Waals surface area contributed by atoms with Crippen LogP contribution in [0.2, 0.25) is 0 Å². The molecule has 96 valence electrons. The normalized spacial score (nSPS) is 14.7. The Labute approximate surface area is 104 Å². The maximum atomic E-state index is 11.5. The van der Waals surface area contributed by atoms with Crippen LogP contribution in [0.1, 0.15) is 35.3 Å². The van der Waals surface area contributed by atoms with Crippen molar-refractivity contribution in [3.8, 4) is 0 Å². The van der Waals surface area contributed by atoms with E-state index in [1.54, 1.807) is 6.07 Å². The lowest BCUT2D eigenvalue weighted by Crippen LogP contribution is -2.44. The van der Waals surface area contributed by atoms with E-state index in [4.69, 9.17) is 5.11 Å². The molecule has 1 aliphatic rings. The first kappa shape index (κ1) is 12.3. The van der Waals surface area contributed by atoms with E-state index in [1.165, 1.54) is 18.7 Å². The van der Waals surface area contributed by atoms with Gasteiger partial charge in [-0.1, -0.05) is 6.07 Å². The summed E-state index contributed by atoms with van der Waals surface area (Å²) < 4.78 is 0. The largest absolute Gasteiger partial charge is 0.477 e. The molecule has 3 N–H and O–H groups in total. The predicted octanol–water partition coefficient (Wildman–Crippen LogP) is 1.13. The number of carbonyl (C=O) groups is 2. The number of carboxylic acid groups (broad SMARTS) is 1. The number of pyridine rings is 1. The Morgan fingerprint density at radius 3 is 2.67 bits per heavy atom. The lowest BCUT2D eigenvalue weighted by Gasteiger charge is -2.26. The van der Waals surface area contributed by atoms with Crippen LogP contribution in [0.3, 0.4) is 0 Å². The average molecular weight is 249 g/mol. The van der Waals surface area contributed by atoms with E-state index in [0.717, 1.165) is 18.4 Å². The standard InChI is InChI=1S/C12H15N3O3/c16-11(17)10-5-4-8(6-13-10)7-14-12(18)15-9-2-1-3-9/h4-6,9H,1-3,7H2,(H,16,17)(H2,14,15,18). The van der Waals surface area contributed by atoms with Gasteiger partial charge in [0.1, 0.15) is 5.69 Å². The number of nitrogens with one attached hydrogen (secondary N) is 2. The highest BCUT2D eigenvalue weighted by Gasteiger charge is 2.18. The van der Waals surface area contributed by atoms with Gasteiger partial charge in [-0.15, -0.1) is 0 Å². The number of urea groups is 1. The van der Waals surface area contributed by atoms with Crippen LogP contribution in [0.4, 0.5) is 4.79 Å².